The van der Waals surface area contributed by atoms with Crippen molar-refractivity contribution in [2.75, 3.05) is 73.4 Å². The van der Waals surface area contributed by atoms with Crippen molar-refractivity contribution < 1.29 is 19.0 Å². The first-order valence-corrected chi connectivity index (χ1v) is 8.75. The lowest BCUT2D eigenvalue weighted by Crippen LogP contribution is -2.40. The minimum absolute atomic E-state index is 0.00708. The van der Waals surface area contributed by atoms with E-state index in [1.54, 1.807) is 0 Å². The van der Waals surface area contributed by atoms with Gasteiger partial charge in [0.15, 0.2) is 0 Å². The number of amides is 1. The summed E-state index contributed by atoms with van der Waals surface area (Å²) in [6.45, 7) is 6.78. The molecule has 0 unspecified atom stereocenters. The van der Waals surface area contributed by atoms with Crippen LogP contribution in [0.5, 0.6) is 0 Å². The first-order chi connectivity index (χ1) is 11.1. The minimum atomic E-state index is 0.00708. The Morgan fingerprint density at radius 2 is 2.09 bits per heavy atom. The zero-order chi connectivity index (χ0) is 16.3. The van der Waals surface area contributed by atoms with E-state index in [2.05, 4.69) is 0 Å². The molecule has 23 heavy (non-hydrogen) atoms. The van der Waals surface area contributed by atoms with Gasteiger partial charge >= 0.3 is 0 Å². The molecule has 3 aliphatic heterocycles. The van der Waals surface area contributed by atoms with Gasteiger partial charge in [0.2, 0.25) is 5.91 Å². The number of hydrogen-bond donors (Lipinski definition) is 0. The summed E-state index contributed by atoms with van der Waals surface area (Å²) in [4.78, 5) is 16.3. The molecule has 0 bridgehead atoms. The molecular weight excluding hydrogens is 296 g/mol. The zero-order valence-corrected chi connectivity index (χ0v) is 14.5. The molecule has 0 aromatic heterocycles. The highest BCUT2D eigenvalue weighted by Crippen LogP contribution is 2.41. The highest BCUT2D eigenvalue weighted by atomic mass is 16.5. The van der Waals surface area contributed by atoms with E-state index >= 15 is 0 Å². The Kier molecular flexibility index (Phi) is 5.57. The molecule has 0 aromatic carbocycles. The zero-order valence-electron chi connectivity index (χ0n) is 14.5. The van der Waals surface area contributed by atoms with Gasteiger partial charge in [0.1, 0.15) is 0 Å². The van der Waals surface area contributed by atoms with Gasteiger partial charge < -0.3 is 24.0 Å². The van der Waals surface area contributed by atoms with Crippen LogP contribution < -0.4 is 0 Å². The highest BCUT2D eigenvalue weighted by molar-refractivity contribution is 5.78. The molecule has 3 heterocycles. The summed E-state index contributed by atoms with van der Waals surface area (Å²) in [6, 6.07) is 0. The van der Waals surface area contributed by atoms with Gasteiger partial charge in [-0.1, -0.05) is 0 Å². The first kappa shape index (κ1) is 17.1. The van der Waals surface area contributed by atoms with E-state index < -0.39 is 0 Å². The van der Waals surface area contributed by atoms with Crippen LogP contribution in [-0.4, -0.2) is 89.1 Å². The molecule has 3 fully saturated rings. The Balaban J connectivity index is 1.51. The third-order valence-corrected chi connectivity index (χ3v) is 5.41. The monoisotopic (exact) mass is 326 g/mol. The van der Waals surface area contributed by atoms with Crippen molar-refractivity contribution in [2.24, 2.45) is 17.3 Å². The van der Waals surface area contributed by atoms with Crippen LogP contribution in [-0.2, 0) is 19.0 Å². The van der Waals surface area contributed by atoms with Crippen molar-refractivity contribution in [3.05, 3.63) is 0 Å². The lowest BCUT2D eigenvalue weighted by Gasteiger charge is -2.29. The van der Waals surface area contributed by atoms with Crippen molar-refractivity contribution in [2.45, 2.75) is 12.8 Å². The van der Waals surface area contributed by atoms with E-state index in [0.29, 0.717) is 25.0 Å². The van der Waals surface area contributed by atoms with Crippen molar-refractivity contribution >= 4 is 5.91 Å². The molecule has 0 aliphatic carbocycles. The number of ether oxygens (including phenoxy) is 3. The third-order valence-electron chi connectivity index (χ3n) is 5.41. The van der Waals surface area contributed by atoms with Crippen molar-refractivity contribution in [3.8, 4) is 0 Å². The smallest absolute Gasteiger partial charge is 0.236 e. The van der Waals surface area contributed by atoms with E-state index in [4.69, 9.17) is 14.2 Å². The van der Waals surface area contributed by atoms with E-state index in [1.165, 1.54) is 0 Å². The summed E-state index contributed by atoms with van der Waals surface area (Å²) in [5.74, 6) is 1.25. The molecule has 6 heteroatoms. The molecule has 3 rings (SSSR count). The maximum atomic E-state index is 12.3. The van der Waals surface area contributed by atoms with Crippen LogP contribution in [0.3, 0.4) is 0 Å². The summed E-state index contributed by atoms with van der Waals surface area (Å²) < 4.78 is 17.2. The second-order valence-corrected chi connectivity index (χ2v) is 7.66. The van der Waals surface area contributed by atoms with Gasteiger partial charge in [-0.3, -0.25) is 4.79 Å². The Morgan fingerprint density at radius 1 is 1.30 bits per heavy atom. The molecule has 0 N–H and O–H groups in total. The van der Waals surface area contributed by atoms with E-state index in [9.17, 15) is 4.79 Å². The van der Waals surface area contributed by atoms with Gasteiger partial charge in [0, 0.05) is 44.2 Å². The number of likely N-dealkylation sites (N-methyl/N-ethyl adjacent to an activating group) is 1. The van der Waals surface area contributed by atoms with Gasteiger partial charge in [-0.2, -0.15) is 0 Å². The highest BCUT2D eigenvalue weighted by Gasteiger charge is 2.52. The predicted octanol–water partition coefficient (Wildman–Crippen LogP) is 0.466. The fraction of sp³-hybridized carbons (Fsp3) is 0.941. The lowest BCUT2D eigenvalue weighted by molar-refractivity contribution is -0.131. The largest absolute Gasteiger partial charge is 0.381 e. The van der Waals surface area contributed by atoms with Gasteiger partial charge in [-0.25, -0.2) is 0 Å². The summed E-state index contributed by atoms with van der Waals surface area (Å²) >= 11 is 0. The third kappa shape index (κ3) is 4.05. The molecule has 6 nitrogen and oxygen atoms in total. The maximum Gasteiger partial charge on any atom is 0.236 e. The number of nitrogens with zero attached hydrogens (tertiary/aromatic N) is 2. The fourth-order valence-electron chi connectivity index (χ4n) is 3.94. The Hall–Kier alpha value is -0.690. The average Bonchev–Trinajstić information content (AvgIpc) is 3.04. The van der Waals surface area contributed by atoms with Crippen LogP contribution in [0.25, 0.3) is 0 Å². The van der Waals surface area contributed by atoms with E-state index in [1.807, 2.05) is 23.9 Å². The van der Waals surface area contributed by atoms with Crippen molar-refractivity contribution in [3.63, 3.8) is 0 Å². The van der Waals surface area contributed by atoms with Gasteiger partial charge in [0.05, 0.1) is 26.4 Å². The minimum Gasteiger partial charge on any atom is -0.381 e. The number of hydrogen-bond acceptors (Lipinski definition) is 5. The molecule has 0 spiro atoms. The van der Waals surface area contributed by atoms with Gasteiger partial charge in [0.25, 0.3) is 0 Å². The quantitative estimate of drug-likeness (QED) is 0.710. The van der Waals surface area contributed by atoms with Gasteiger partial charge in [-0.05, 0) is 32.9 Å². The van der Waals surface area contributed by atoms with Crippen LogP contribution >= 0.6 is 0 Å². The van der Waals surface area contributed by atoms with E-state index in [-0.39, 0.29) is 11.3 Å². The molecular formula is C17H30N2O4. The number of rotatable bonds is 6. The number of likely N-dealkylation sites (tertiary alicyclic amines) is 1. The second-order valence-electron chi connectivity index (χ2n) is 7.66. The first-order valence-electron chi connectivity index (χ1n) is 8.75. The predicted molar refractivity (Wildman–Crippen MR) is 86.2 cm³/mol. The summed E-state index contributed by atoms with van der Waals surface area (Å²) in [5.41, 5.74) is 0.00708. The Labute approximate surface area is 139 Å². The molecule has 132 valence electrons. The Morgan fingerprint density at radius 3 is 2.83 bits per heavy atom. The van der Waals surface area contributed by atoms with Crippen LogP contribution in [0.1, 0.15) is 12.8 Å². The lowest BCUT2D eigenvalue weighted by atomic mass is 9.82. The number of carbonyl (C=O) groups is 1. The van der Waals surface area contributed by atoms with Crippen molar-refractivity contribution in [1.82, 2.24) is 9.80 Å². The maximum absolute atomic E-state index is 12.3. The SMILES string of the molecule is CN(C)CC(=O)N1C[C@@H]2COC[C@]2(COCC2CCOCC2)C1. The van der Waals surface area contributed by atoms with Crippen LogP contribution in [0, 0.1) is 17.3 Å². The fourth-order valence-corrected chi connectivity index (χ4v) is 3.94. The Bertz CT molecular complexity index is 411. The average molecular weight is 326 g/mol. The molecule has 0 radical (unpaired) electrons. The van der Waals surface area contributed by atoms with Crippen LogP contribution in [0.2, 0.25) is 0 Å². The molecule has 1 amide bonds. The molecule has 3 aliphatic rings. The second kappa shape index (κ2) is 7.47. The number of carbonyl (C=O) groups excluding carboxylic acids is 1. The van der Waals surface area contributed by atoms with E-state index in [0.717, 1.165) is 59.0 Å². The normalized spacial score (nSPS) is 31.8. The van der Waals surface area contributed by atoms with Crippen LogP contribution in [0.4, 0.5) is 0 Å². The number of fused-ring (bicyclic) bond motifs is 1. The van der Waals surface area contributed by atoms with Gasteiger partial charge in [-0.15, -0.1) is 0 Å². The summed E-state index contributed by atoms with van der Waals surface area (Å²) in [7, 11) is 3.87. The summed E-state index contributed by atoms with van der Waals surface area (Å²) in [5, 5.41) is 0. The summed E-state index contributed by atoms with van der Waals surface area (Å²) in [6.07, 6.45) is 2.20. The van der Waals surface area contributed by atoms with Crippen LogP contribution in [0.15, 0.2) is 0 Å². The molecule has 2 atom stereocenters. The van der Waals surface area contributed by atoms with Crippen molar-refractivity contribution in [1.29, 1.82) is 0 Å². The molecule has 0 saturated carbocycles. The molecule has 3 saturated heterocycles. The molecule has 0 aromatic rings. The standard InChI is InChI=1S/C17H30N2O4/c1-18(2)8-16(20)19-7-15-10-23-13-17(15,11-19)12-22-9-14-3-5-21-6-4-14/h14-15H,3-13H2,1-2H3/t15-,17-/m1/s1. The topological polar surface area (TPSA) is 51.2 Å².